The summed E-state index contributed by atoms with van der Waals surface area (Å²) >= 11 is 3.36. The first-order valence-electron chi connectivity index (χ1n) is 7.24. The Hall–Kier alpha value is -2.60. The Morgan fingerprint density at radius 1 is 1.17 bits per heavy atom. The zero-order valence-electron chi connectivity index (χ0n) is 12.8. The topological polar surface area (TPSA) is 68.5 Å². The van der Waals surface area contributed by atoms with E-state index in [9.17, 15) is 9.59 Å². The summed E-state index contributed by atoms with van der Waals surface area (Å²) in [6.07, 6.45) is 0. The van der Waals surface area contributed by atoms with Gasteiger partial charge in [-0.1, -0.05) is 34.1 Å². The van der Waals surface area contributed by atoms with E-state index in [1.807, 2.05) is 37.3 Å². The molecule has 0 bridgehead atoms. The third kappa shape index (κ3) is 3.65. The molecule has 0 fully saturated rings. The Kier molecular flexibility index (Phi) is 4.66. The molecule has 1 amide bonds. The van der Waals surface area contributed by atoms with Crippen molar-refractivity contribution in [2.75, 3.05) is 11.9 Å². The highest BCUT2D eigenvalue weighted by molar-refractivity contribution is 9.10. The van der Waals surface area contributed by atoms with E-state index in [-0.39, 0.29) is 12.4 Å². The average Bonchev–Trinajstić information content (AvgIpc) is 2.99. The molecule has 0 saturated heterocycles. The van der Waals surface area contributed by atoms with Crippen LogP contribution >= 0.6 is 15.9 Å². The first-order valence-corrected chi connectivity index (χ1v) is 8.04. The van der Waals surface area contributed by atoms with Crippen LogP contribution in [-0.2, 0) is 9.53 Å². The van der Waals surface area contributed by atoms with E-state index in [1.54, 1.807) is 18.2 Å². The standard InChI is InChI=1S/C18H14BrNO4/c1-11-8-13(19)6-7-14(11)20-17(21)10-23-18(22)16-9-12-4-2-3-5-15(12)24-16/h2-9H,10H2,1H3,(H,20,21). The number of para-hydroxylation sites is 1. The van der Waals surface area contributed by atoms with Crippen molar-refractivity contribution in [3.8, 4) is 0 Å². The second-order valence-electron chi connectivity index (χ2n) is 5.23. The molecule has 0 atom stereocenters. The number of ether oxygens (including phenoxy) is 1. The largest absolute Gasteiger partial charge is 0.450 e. The molecule has 2 aromatic carbocycles. The number of halogens is 1. The molecule has 3 rings (SSSR count). The highest BCUT2D eigenvalue weighted by Crippen LogP contribution is 2.21. The average molecular weight is 388 g/mol. The van der Waals surface area contributed by atoms with Crippen molar-refractivity contribution in [1.82, 2.24) is 0 Å². The maximum absolute atomic E-state index is 12.0. The van der Waals surface area contributed by atoms with Crippen molar-refractivity contribution in [1.29, 1.82) is 0 Å². The number of carbonyl (C=O) groups excluding carboxylic acids is 2. The normalized spacial score (nSPS) is 10.6. The molecule has 0 aliphatic rings. The molecular formula is C18H14BrNO4. The molecule has 0 saturated carbocycles. The number of nitrogens with one attached hydrogen (secondary N) is 1. The zero-order valence-corrected chi connectivity index (χ0v) is 14.4. The molecule has 0 unspecified atom stereocenters. The van der Waals surface area contributed by atoms with Gasteiger partial charge in [0.1, 0.15) is 5.58 Å². The lowest BCUT2D eigenvalue weighted by Crippen LogP contribution is -2.21. The Labute approximate surface area is 146 Å². The van der Waals surface area contributed by atoms with Gasteiger partial charge in [0.05, 0.1) is 0 Å². The molecule has 0 aliphatic heterocycles. The highest BCUT2D eigenvalue weighted by atomic mass is 79.9. The SMILES string of the molecule is Cc1cc(Br)ccc1NC(=O)COC(=O)c1cc2ccccc2o1. The number of furan rings is 1. The minimum atomic E-state index is -0.672. The fraction of sp³-hybridized carbons (Fsp3) is 0.111. The van der Waals surface area contributed by atoms with Crippen LogP contribution in [0.4, 0.5) is 5.69 Å². The Bertz CT molecular complexity index is 883. The van der Waals surface area contributed by atoms with E-state index in [4.69, 9.17) is 9.15 Å². The molecular weight excluding hydrogens is 374 g/mol. The van der Waals surface area contributed by atoms with Crippen molar-refractivity contribution in [2.45, 2.75) is 6.92 Å². The van der Waals surface area contributed by atoms with Crippen LogP contribution in [0, 0.1) is 6.92 Å². The van der Waals surface area contributed by atoms with Crippen LogP contribution in [0.2, 0.25) is 0 Å². The molecule has 0 spiro atoms. The fourth-order valence-corrected chi connectivity index (χ4v) is 2.71. The number of amides is 1. The number of fused-ring (bicyclic) bond motifs is 1. The number of esters is 1. The number of carbonyl (C=O) groups is 2. The number of benzene rings is 2. The molecule has 1 aromatic heterocycles. The Morgan fingerprint density at radius 2 is 1.96 bits per heavy atom. The van der Waals surface area contributed by atoms with E-state index in [0.717, 1.165) is 15.4 Å². The van der Waals surface area contributed by atoms with Crippen LogP contribution in [0.1, 0.15) is 16.1 Å². The van der Waals surface area contributed by atoms with E-state index in [0.29, 0.717) is 11.3 Å². The third-order valence-corrected chi connectivity index (χ3v) is 3.92. The van der Waals surface area contributed by atoms with E-state index < -0.39 is 11.9 Å². The first-order chi connectivity index (χ1) is 11.5. The first kappa shape index (κ1) is 16.3. The smallest absolute Gasteiger partial charge is 0.374 e. The summed E-state index contributed by atoms with van der Waals surface area (Å²) in [4.78, 5) is 23.9. The maximum atomic E-state index is 12.0. The van der Waals surface area contributed by atoms with Crippen LogP contribution in [0.25, 0.3) is 11.0 Å². The van der Waals surface area contributed by atoms with Crippen molar-refractivity contribution in [3.05, 3.63) is 64.3 Å². The Morgan fingerprint density at radius 3 is 2.71 bits per heavy atom. The van der Waals surface area contributed by atoms with E-state index in [1.165, 1.54) is 0 Å². The van der Waals surface area contributed by atoms with Crippen LogP contribution in [0.5, 0.6) is 0 Å². The second-order valence-corrected chi connectivity index (χ2v) is 6.15. The number of hydrogen-bond donors (Lipinski definition) is 1. The van der Waals surface area contributed by atoms with Gasteiger partial charge >= 0.3 is 5.97 Å². The van der Waals surface area contributed by atoms with Gasteiger partial charge < -0.3 is 14.5 Å². The zero-order chi connectivity index (χ0) is 17.1. The summed E-state index contributed by atoms with van der Waals surface area (Å²) in [5.41, 5.74) is 2.17. The lowest BCUT2D eigenvalue weighted by atomic mass is 10.2. The molecule has 6 heteroatoms. The molecule has 1 N–H and O–H groups in total. The molecule has 3 aromatic rings. The fourth-order valence-electron chi connectivity index (χ4n) is 2.24. The molecule has 1 heterocycles. The lowest BCUT2D eigenvalue weighted by molar-refractivity contribution is -0.119. The summed E-state index contributed by atoms with van der Waals surface area (Å²) < 4.78 is 11.3. The lowest BCUT2D eigenvalue weighted by Gasteiger charge is -2.08. The van der Waals surface area contributed by atoms with Crippen molar-refractivity contribution in [3.63, 3.8) is 0 Å². The van der Waals surface area contributed by atoms with Crippen molar-refractivity contribution >= 4 is 44.5 Å². The van der Waals surface area contributed by atoms with Gasteiger partial charge in [0.25, 0.3) is 5.91 Å². The van der Waals surface area contributed by atoms with Gasteiger partial charge in [0.2, 0.25) is 5.76 Å². The summed E-state index contributed by atoms with van der Waals surface area (Å²) in [7, 11) is 0. The monoisotopic (exact) mass is 387 g/mol. The molecule has 5 nitrogen and oxygen atoms in total. The summed E-state index contributed by atoms with van der Waals surface area (Å²) in [6.45, 7) is 1.49. The molecule has 0 radical (unpaired) electrons. The molecule has 0 aliphatic carbocycles. The van der Waals surface area contributed by atoms with Crippen molar-refractivity contribution < 1.29 is 18.7 Å². The molecule has 122 valence electrons. The summed E-state index contributed by atoms with van der Waals surface area (Å²) in [6, 6.07) is 14.3. The second kappa shape index (κ2) is 6.88. The van der Waals surface area contributed by atoms with Gasteiger partial charge in [-0.3, -0.25) is 4.79 Å². The van der Waals surface area contributed by atoms with Gasteiger partial charge in [-0.2, -0.15) is 0 Å². The minimum Gasteiger partial charge on any atom is -0.450 e. The van der Waals surface area contributed by atoms with Gasteiger partial charge in [0.15, 0.2) is 6.61 Å². The summed E-state index contributed by atoms with van der Waals surface area (Å²) in [5, 5.41) is 3.51. The molecule has 24 heavy (non-hydrogen) atoms. The van der Waals surface area contributed by atoms with Gasteiger partial charge in [-0.25, -0.2) is 4.79 Å². The minimum absolute atomic E-state index is 0.0730. The van der Waals surface area contributed by atoms with Crippen LogP contribution in [-0.4, -0.2) is 18.5 Å². The van der Waals surface area contributed by atoms with E-state index >= 15 is 0 Å². The third-order valence-electron chi connectivity index (χ3n) is 3.42. The van der Waals surface area contributed by atoms with E-state index in [2.05, 4.69) is 21.2 Å². The number of anilines is 1. The quantitative estimate of drug-likeness (QED) is 0.677. The van der Waals surface area contributed by atoms with Crippen LogP contribution in [0.3, 0.4) is 0 Å². The summed E-state index contributed by atoms with van der Waals surface area (Å²) in [5.74, 6) is -1.01. The highest BCUT2D eigenvalue weighted by Gasteiger charge is 2.15. The van der Waals surface area contributed by atoms with Crippen molar-refractivity contribution in [2.24, 2.45) is 0 Å². The number of rotatable bonds is 4. The van der Waals surface area contributed by atoms with Gasteiger partial charge in [0, 0.05) is 15.5 Å². The number of hydrogen-bond acceptors (Lipinski definition) is 4. The van der Waals surface area contributed by atoms with Gasteiger partial charge in [-0.15, -0.1) is 0 Å². The maximum Gasteiger partial charge on any atom is 0.374 e. The predicted molar refractivity (Wildman–Crippen MR) is 94.0 cm³/mol. The predicted octanol–water partition coefficient (Wildman–Crippen LogP) is 4.30. The van der Waals surface area contributed by atoms with Crippen LogP contribution < -0.4 is 5.32 Å². The van der Waals surface area contributed by atoms with Gasteiger partial charge in [-0.05, 0) is 42.8 Å². The number of aryl methyl sites for hydroxylation is 1. The Balaban J connectivity index is 1.60. The van der Waals surface area contributed by atoms with Crippen LogP contribution in [0.15, 0.2) is 57.4 Å².